The molecular formula is C18H27NO4. The number of aliphatic hydroxyl groups is 2. The smallest absolute Gasteiger partial charge is 0.161 e. The average Bonchev–Trinajstić information content (AvgIpc) is 2.60. The molecule has 2 heterocycles. The predicted molar refractivity (Wildman–Crippen MR) is 87.9 cm³/mol. The second-order valence-electron chi connectivity index (χ2n) is 6.41. The number of likely N-dealkylation sites (tertiary alicyclic amines) is 1. The number of hydrogen-bond donors (Lipinski definition) is 2. The highest BCUT2D eigenvalue weighted by molar-refractivity contribution is 5.44. The fourth-order valence-corrected chi connectivity index (χ4v) is 3.55. The van der Waals surface area contributed by atoms with Gasteiger partial charge in [0.15, 0.2) is 11.5 Å². The minimum absolute atomic E-state index is 0.242. The number of piperidine rings is 1. The molecule has 2 aliphatic rings. The third kappa shape index (κ3) is 4.16. The summed E-state index contributed by atoms with van der Waals surface area (Å²) in [6, 6.07) is 6.14. The average molecular weight is 321 g/mol. The van der Waals surface area contributed by atoms with Crippen LogP contribution in [0.2, 0.25) is 0 Å². The Hall–Kier alpha value is -1.30. The van der Waals surface area contributed by atoms with Crippen LogP contribution in [-0.4, -0.2) is 54.1 Å². The number of rotatable bonds is 6. The minimum Gasteiger partial charge on any atom is -0.486 e. The van der Waals surface area contributed by atoms with Gasteiger partial charge >= 0.3 is 0 Å². The van der Waals surface area contributed by atoms with Crippen molar-refractivity contribution < 1.29 is 19.7 Å². The molecule has 1 fully saturated rings. The molecular weight excluding hydrogens is 294 g/mol. The van der Waals surface area contributed by atoms with E-state index < -0.39 is 6.10 Å². The van der Waals surface area contributed by atoms with Crippen molar-refractivity contribution in [3.05, 3.63) is 23.8 Å². The molecule has 0 amide bonds. The highest BCUT2D eigenvalue weighted by Gasteiger charge is 2.23. The number of nitrogens with zero attached hydrogens (tertiary/aromatic N) is 1. The lowest BCUT2D eigenvalue weighted by Crippen LogP contribution is -2.41. The van der Waals surface area contributed by atoms with Gasteiger partial charge in [-0.05, 0) is 49.9 Å². The lowest BCUT2D eigenvalue weighted by Gasteiger charge is -2.36. The zero-order valence-corrected chi connectivity index (χ0v) is 13.6. The van der Waals surface area contributed by atoms with E-state index in [9.17, 15) is 10.2 Å². The molecule has 0 aliphatic carbocycles. The maximum atomic E-state index is 10.5. The molecule has 1 aromatic rings. The van der Waals surface area contributed by atoms with Crippen molar-refractivity contribution in [3.63, 3.8) is 0 Å². The van der Waals surface area contributed by atoms with E-state index in [1.165, 1.54) is 12.8 Å². The van der Waals surface area contributed by atoms with Gasteiger partial charge in [0.2, 0.25) is 0 Å². The summed E-state index contributed by atoms with van der Waals surface area (Å²) in [5.74, 6) is 1.48. The van der Waals surface area contributed by atoms with Crippen LogP contribution in [0.25, 0.3) is 0 Å². The monoisotopic (exact) mass is 321 g/mol. The Morgan fingerprint density at radius 2 is 2.00 bits per heavy atom. The summed E-state index contributed by atoms with van der Waals surface area (Å²) < 4.78 is 11.1. The fraction of sp³-hybridized carbons (Fsp3) is 0.667. The van der Waals surface area contributed by atoms with Gasteiger partial charge in [0.1, 0.15) is 13.2 Å². The third-order valence-corrected chi connectivity index (χ3v) is 4.85. The van der Waals surface area contributed by atoms with Crippen LogP contribution >= 0.6 is 0 Å². The molecule has 2 aliphatic heterocycles. The maximum Gasteiger partial charge on any atom is 0.161 e. The molecule has 0 bridgehead atoms. The van der Waals surface area contributed by atoms with E-state index in [0.29, 0.717) is 25.7 Å². The highest BCUT2D eigenvalue weighted by atomic mass is 16.6. The van der Waals surface area contributed by atoms with Crippen LogP contribution in [0.5, 0.6) is 11.5 Å². The molecule has 1 aromatic carbocycles. The van der Waals surface area contributed by atoms with Gasteiger partial charge in [-0.1, -0.05) is 12.5 Å². The van der Waals surface area contributed by atoms with Crippen LogP contribution < -0.4 is 9.47 Å². The lowest BCUT2D eigenvalue weighted by molar-refractivity contribution is 0.0888. The Morgan fingerprint density at radius 3 is 2.83 bits per heavy atom. The van der Waals surface area contributed by atoms with E-state index in [0.717, 1.165) is 43.0 Å². The zero-order valence-electron chi connectivity index (χ0n) is 13.6. The minimum atomic E-state index is -0.498. The largest absolute Gasteiger partial charge is 0.486 e. The van der Waals surface area contributed by atoms with Gasteiger partial charge in [0.25, 0.3) is 0 Å². The van der Waals surface area contributed by atoms with Crippen molar-refractivity contribution >= 4 is 0 Å². The van der Waals surface area contributed by atoms with Crippen LogP contribution in [0.4, 0.5) is 0 Å². The molecule has 2 N–H and O–H groups in total. The third-order valence-electron chi connectivity index (χ3n) is 4.85. The molecule has 128 valence electrons. The summed E-state index contributed by atoms with van der Waals surface area (Å²) in [6.45, 7) is 3.31. The Bertz CT molecular complexity index is 506. The van der Waals surface area contributed by atoms with Crippen molar-refractivity contribution in [2.24, 2.45) is 0 Å². The quantitative estimate of drug-likeness (QED) is 0.840. The van der Waals surface area contributed by atoms with Crippen LogP contribution in [0.15, 0.2) is 18.2 Å². The molecule has 2 atom stereocenters. The molecule has 5 heteroatoms. The van der Waals surface area contributed by atoms with Crippen molar-refractivity contribution in [2.75, 3.05) is 32.9 Å². The summed E-state index contributed by atoms with van der Waals surface area (Å²) in [4.78, 5) is 2.42. The van der Waals surface area contributed by atoms with Crippen molar-refractivity contribution in [2.45, 2.75) is 44.2 Å². The van der Waals surface area contributed by atoms with E-state index >= 15 is 0 Å². The van der Waals surface area contributed by atoms with Gasteiger partial charge in [-0.2, -0.15) is 0 Å². The number of aliphatic hydroxyl groups excluding tert-OH is 2. The Labute approximate surface area is 137 Å². The molecule has 1 saturated heterocycles. The first-order valence-corrected chi connectivity index (χ1v) is 8.70. The second-order valence-corrected chi connectivity index (χ2v) is 6.41. The normalized spacial score (nSPS) is 22.8. The second kappa shape index (κ2) is 7.99. The molecule has 23 heavy (non-hydrogen) atoms. The van der Waals surface area contributed by atoms with Crippen LogP contribution in [0.1, 0.15) is 43.8 Å². The van der Waals surface area contributed by atoms with E-state index in [2.05, 4.69) is 4.90 Å². The standard InChI is InChI=1S/C18H27NO4/c20-10-7-15-3-1-2-8-19(15)9-6-16(21)14-4-5-17-18(13-14)23-12-11-22-17/h4-5,13,15-16,20-21H,1-3,6-12H2. The maximum absolute atomic E-state index is 10.5. The van der Waals surface area contributed by atoms with E-state index in [1.807, 2.05) is 18.2 Å². The SMILES string of the molecule is OCCC1CCCCN1CCC(O)c1ccc2c(c1)OCCO2. The fourth-order valence-electron chi connectivity index (χ4n) is 3.55. The van der Waals surface area contributed by atoms with E-state index in [-0.39, 0.29) is 6.61 Å². The van der Waals surface area contributed by atoms with Crippen LogP contribution in [0.3, 0.4) is 0 Å². The summed E-state index contributed by atoms with van der Waals surface area (Å²) >= 11 is 0. The Balaban J connectivity index is 1.57. The van der Waals surface area contributed by atoms with Gasteiger partial charge in [0.05, 0.1) is 6.10 Å². The van der Waals surface area contributed by atoms with Crippen molar-refractivity contribution in [1.82, 2.24) is 4.90 Å². The van der Waals surface area contributed by atoms with Gasteiger partial charge in [-0.15, -0.1) is 0 Å². The summed E-state index contributed by atoms with van der Waals surface area (Å²) in [7, 11) is 0. The molecule has 0 aromatic heterocycles. The highest BCUT2D eigenvalue weighted by Crippen LogP contribution is 2.33. The lowest BCUT2D eigenvalue weighted by atomic mass is 9.98. The first-order valence-electron chi connectivity index (χ1n) is 8.70. The van der Waals surface area contributed by atoms with Gasteiger partial charge < -0.3 is 24.6 Å². The summed E-state index contributed by atoms with van der Waals surface area (Å²) in [6.07, 6.45) is 4.64. The van der Waals surface area contributed by atoms with Crippen molar-refractivity contribution in [1.29, 1.82) is 0 Å². The van der Waals surface area contributed by atoms with Crippen molar-refractivity contribution in [3.8, 4) is 11.5 Å². The van der Waals surface area contributed by atoms with Gasteiger partial charge in [-0.25, -0.2) is 0 Å². The topological polar surface area (TPSA) is 62.2 Å². The van der Waals surface area contributed by atoms with Gasteiger partial charge in [-0.3, -0.25) is 0 Å². The first-order chi connectivity index (χ1) is 11.3. The number of ether oxygens (including phenoxy) is 2. The first kappa shape index (κ1) is 16.6. The Morgan fingerprint density at radius 1 is 1.17 bits per heavy atom. The van der Waals surface area contributed by atoms with E-state index in [1.54, 1.807) is 0 Å². The molecule has 5 nitrogen and oxygen atoms in total. The number of benzene rings is 1. The van der Waals surface area contributed by atoms with E-state index in [4.69, 9.17) is 9.47 Å². The number of hydrogen-bond acceptors (Lipinski definition) is 5. The summed E-state index contributed by atoms with van der Waals surface area (Å²) in [5.41, 5.74) is 0.880. The predicted octanol–water partition coefficient (Wildman–Crippen LogP) is 2.12. The number of fused-ring (bicyclic) bond motifs is 1. The molecule has 3 rings (SSSR count). The molecule has 2 unspecified atom stereocenters. The van der Waals surface area contributed by atoms with Crippen LogP contribution in [0, 0.1) is 0 Å². The van der Waals surface area contributed by atoms with Gasteiger partial charge in [0, 0.05) is 19.2 Å². The molecule has 0 saturated carbocycles. The van der Waals surface area contributed by atoms with Crippen LogP contribution in [-0.2, 0) is 0 Å². The molecule has 0 radical (unpaired) electrons. The Kier molecular flexibility index (Phi) is 5.75. The molecule has 0 spiro atoms. The summed E-state index contributed by atoms with van der Waals surface area (Å²) in [5, 5.41) is 19.7. The zero-order chi connectivity index (χ0) is 16.1.